The topological polar surface area (TPSA) is 57.0 Å². The zero-order valence-electron chi connectivity index (χ0n) is 10.1. The lowest BCUT2D eigenvalue weighted by Gasteiger charge is -2.08. The second-order valence-corrected chi connectivity index (χ2v) is 4.78. The van der Waals surface area contributed by atoms with Gasteiger partial charge in [0, 0.05) is 11.5 Å². The highest BCUT2D eigenvalue weighted by Gasteiger charge is 2.10. The van der Waals surface area contributed by atoms with Gasteiger partial charge >= 0.3 is 0 Å². The molecule has 0 saturated carbocycles. The van der Waals surface area contributed by atoms with Gasteiger partial charge in [0.2, 0.25) is 0 Å². The molecule has 6 heteroatoms. The molecular formula is C12H12BrN3O2. The minimum Gasteiger partial charge on any atom is -0.486 e. The van der Waals surface area contributed by atoms with Crippen molar-refractivity contribution in [3.8, 4) is 5.75 Å². The predicted octanol–water partition coefficient (Wildman–Crippen LogP) is 2.36. The molecule has 1 heterocycles. The molecule has 0 aliphatic rings. The minimum absolute atomic E-state index is 0.0366. The number of benzene rings is 1. The van der Waals surface area contributed by atoms with Crippen LogP contribution in [0.1, 0.15) is 23.0 Å². The zero-order valence-corrected chi connectivity index (χ0v) is 11.6. The molecule has 0 fully saturated rings. The predicted molar refractivity (Wildman–Crippen MR) is 69.5 cm³/mol. The maximum absolute atomic E-state index is 11.5. The van der Waals surface area contributed by atoms with Crippen LogP contribution in [-0.4, -0.2) is 20.8 Å². The van der Waals surface area contributed by atoms with Crippen LogP contribution in [0.2, 0.25) is 0 Å². The number of aryl methyl sites for hydroxylation is 1. The number of ketones is 1. The number of halogens is 1. The lowest BCUT2D eigenvalue weighted by atomic mass is 10.1. The normalized spacial score (nSPS) is 10.4. The standard InChI is InChI=1S/C12H12BrN3O2/c1-8(17)11-5-9(13)3-4-12(11)18-7-10-6-16(2)15-14-10/h3-6H,7H2,1-2H3. The molecule has 0 radical (unpaired) electrons. The van der Waals surface area contributed by atoms with E-state index in [0.717, 1.165) is 10.2 Å². The number of hydrogen-bond acceptors (Lipinski definition) is 4. The largest absolute Gasteiger partial charge is 0.486 e. The number of carbonyl (C=O) groups is 1. The first-order chi connectivity index (χ1) is 8.56. The summed E-state index contributed by atoms with van der Waals surface area (Å²) in [4.78, 5) is 11.5. The molecule has 0 N–H and O–H groups in total. The summed E-state index contributed by atoms with van der Waals surface area (Å²) in [6.07, 6.45) is 1.77. The number of nitrogens with zero attached hydrogens (tertiary/aromatic N) is 3. The Morgan fingerprint density at radius 1 is 1.50 bits per heavy atom. The van der Waals surface area contributed by atoms with Crippen LogP contribution in [0.25, 0.3) is 0 Å². The SMILES string of the molecule is CC(=O)c1cc(Br)ccc1OCc1cn(C)nn1. The number of carbonyl (C=O) groups excluding carboxylic acids is 1. The van der Waals surface area contributed by atoms with Gasteiger partial charge < -0.3 is 4.74 Å². The molecule has 1 aromatic carbocycles. The molecule has 94 valence electrons. The van der Waals surface area contributed by atoms with Crippen molar-refractivity contribution in [3.05, 3.63) is 40.1 Å². The summed E-state index contributed by atoms with van der Waals surface area (Å²) in [6.45, 7) is 1.80. The van der Waals surface area contributed by atoms with Crippen LogP contribution in [0, 0.1) is 0 Å². The molecule has 0 unspecified atom stereocenters. The molecule has 0 bridgehead atoms. The van der Waals surface area contributed by atoms with Gasteiger partial charge in [0.1, 0.15) is 18.1 Å². The van der Waals surface area contributed by atoms with Crippen LogP contribution in [0.5, 0.6) is 5.75 Å². The molecule has 2 rings (SSSR count). The van der Waals surface area contributed by atoms with Crippen molar-refractivity contribution in [2.24, 2.45) is 7.05 Å². The minimum atomic E-state index is -0.0366. The fourth-order valence-electron chi connectivity index (χ4n) is 1.52. The Bertz CT molecular complexity index is 580. The Balaban J connectivity index is 2.16. The monoisotopic (exact) mass is 309 g/mol. The molecule has 2 aromatic rings. The zero-order chi connectivity index (χ0) is 13.1. The second-order valence-electron chi connectivity index (χ2n) is 3.87. The van der Waals surface area contributed by atoms with Gasteiger partial charge in [-0.1, -0.05) is 21.1 Å². The first-order valence-corrected chi connectivity index (χ1v) is 6.14. The van der Waals surface area contributed by atoms with Crippen LogP contribution in [0.15, 0.2) is 28.9 Å². The Morgan fingerprint density at radius 2 is 2.28 bits per heavy atom. The lowest BCUT2D eigenvalue weighted by molar-refractivity contribution is 0.101. The van der Waals surface area contributed by atoms with Crippen molar-refractivity contribution in [2.45, 2.75) is 13.5 Å². The van der Waals surface area contributed by atoms with Gasteiger partial charge in [-0.2, -0.15) is 0 Å². The average molecular weight is 310 g/mol. The van der Waals surface area contributed by atoms with E-state index in [0.29, 0.717) is 11.3 Å². The van der Waals surface area contributed by atoms with E-state index in [2.05, 4.69) is 26.2 Å². The fourth-order valence-corrected chi connectivity index (χ4v) is 1.88. The Kier molecular flexibility index (Phi) is 3.76. The lowest BCUT2D eigenvalue weighted by Crippen LogP contribution is -2.02. The van der Waals surface area contributed by atoms with Crippen molar-refractivity contribution >= 4 is 21.7 Å². The number of ether oxygens (including phenoxy) is 1. The third-order valence-electron chi connectivity index (χ3n) is 2.35. The maximum atomic E-state index is 11.5. The van der Waals surface area contributed by atoms with Gasteiger partial charge in [-0.3, -0.25) is 9.48 Å². The molecule has 1 aromatic heterocycles. The summed E-state index contributed by atoms with van der Waals surface area (Å²) in [7, 11) is 1.79. The van der Waals surface area contributed by atoms with E-state index in [1.807, 2.05) is 6.07 Å². The first kappa shape index (κ1) is 12.8. The van der Waals surface area contributed by atoms with Crippen LogP contribution in [0.4, 0.5) is 0 Å². The van der Waals surface area contributed by atoms with E-state index >= 15 is 0 Å². The highest BCUT2D eigenvalue weighted by atomic mass is 79.9. The van der Waals surface area contributed by atoms with Crippen LogP contribution in [-0.2, 0) is 13.7 Å². The summed E-state index contributed by atoms with van der Waals surface area (Å²) < 4.78 is 8.05. The van der Waals surface area contributed by atoms with Crippen LogP contribution >= 0.6 is 15.9 Å². The number of hydrogen-bond donors (Lipinski definition) is 0. The summed E-state index contributed by atoms with van der Waals surface area (Å²) in [5.41, 5.74) is 1.27. The molecule has 0 saturated heterocycles. The molecule has 0 aliphatic heterocycles. The summed E-state index contributed by atoms with van der Waals surface area (Å²) in [6, 6.07) is 5.34. The molecular weight excluding hydrogens is 298 g/mol. The smallest absolute Gasteiger partial charge is 0.163 e. The molecule has 0 spiro atoms. The Morgan fingerprint density at radius 3 is 2.89 bits per heavy atom. The van der Waals surface area contributed by atoms with E-state index in [9.17, 15) is 4.79 Å². The second kappa shape index (κ2) is 5.30. The maximum Gasteiger partial charge on any atom is 0.163 e. The fraction of sp³-hybridized carbons (Fsp3) is 0.250. The molecule has 18 heavy (non-hydrogen) atoms. The third kappa shape index (κ3) is 2.95. The Hall–Kier alpha value is -1.69. The highest BCUT2D eigenvalue weighted by molar-refractivity contribution is 9.10. The molecule has 5 nitrogen and oxygen atoms in total. The first-order valence-electron chi connectivity index (χ1n) is 5.35. The van der Waals surface area contributed by atoms with Gasteiger partial charge in [0.25, 0.3) is 0 Å². The number of rotatable bonds is 4. The van der Waals surface area contributed by atoms with Gasteiger partial charge in [-0.05, 0) is 25.1 Å². The van der Waals surface area contributed by atoms with Crippen molar-refractivity contribution in [3.63, 3.8) is 0 Å². The highest BCUT2D eigenvalue weighted by Crippen LogP contribution is 2.24. The van der Waals surface area contributed by atoms with E-state index in [1.165, 1.54) is 6.92 Å². The third-order valence-corrected chi connectivity index (χ3v) is 2.84. The van der Waals surface area contributed by atoms with E-state index in [4.69, 9.17) is 4.74 Å². The van der Waals surface area contributed by atoms with Crippen molar-refractivity contribution in [2.75, 3.05) is 0 Å². The van der Waals surface area contributed by atoms with Gasteiger partial charge in [-0.15, -0.1) is 5.10 Å². The van der Waals surface area contributed by atoms with Crippen LogP contribution in [0.3, 0.4) is 0 Å². The van der Waals surface area contributed by atoms with Crippen molar-refractivity contribution in [1.82, 2.24) is 15.0 Å². The van der Waals surface area contributed by atoms with E-state index in [-0.39, 0.29) is 12.4 Å². The van der Waals surface area contributed by atoms with E-state index in [1.54, 1.807) is 30.1 Å². The molecule has 0 amide bonds. The summed E-state index contributed by atoms with van der Waals surface area (Å²) >= 11 is 3.33. The average Bonchev–Trinajstić information content (AvgIpc) is 2.73. The Labute approximate surface area is 113 Å². The molecule has 0 atom stereocenters. The van der Waals surface area contributed by atoms with Gasteiger partial charge in [0.15, 0.2) is 5.78 Å². The summed E-state index contributed by atoms with van der Waals surface area (Å²) in [5, 5.41) is 7.73. The van der Waals surface area contributed by atoms with Crippen LogP contribution < -0.4 is 4.74 Å². The van der Waals surface area contributed by atoms with Crippen molar-refractivity contribution < 1.29 is 9.53 Å². The van der Waals surface area contributed by atoms with Crippen molar-refractivity contribution in [1.29, 1.82) is 0 Å². The van der Waals surface area contributed by atoms with Gasteiger partial charge in [0.05, 0.1) is 11.8 Å². The number of aromatic nitrogens is 3. The quantitative estimate of drug-likeness (QED) is 0.814. The number of Topliss-reactive ketones (excluding diaryl/α,β-unsaturated/α-hetero) is 1. The molecule has 0 aliphatic carbocycles. The summed E-state index contributed by atoms with van der Waals surface area (Å²) in [5.74, 6) is 0.516. The van der Waals surface area contributed by atoms with E-state index < -0.39 is 0 Å². The van der Waals surface area contributed by atoms with Gasteiger partial charge in [-0.25, -0.2) is 0 Å².